The van der Waals surface area contributed by atoms with Gasteiger partial charge in [0.1, 0.15) is 12.4 Å². The Kier molecular flexibility index (Phi) is 6.47. The van der Waals surface area contributed by atoms with Gasteiger partial charge in [-0.1, -0.05) is 30.3 Å². The number of nitrogens with one attached hydrogen (secondary N) is 2. The fourth-order valence-corrected chi connectivity index (χ4v) is 2.59. The van der Waals surface area contributed by atoms with Gasteiger partial charge in [-0.3, -0.25) is 9.59 Å². The highest BCUT2D eigenvalue weighted by Crippen LogP contribution is 2.18. The number of benzene rings is 3. The third-order valence-corrected chi connectivity index (χ3v) is 4.21. The summed E-state index contributed by atoms with van der Waals surface area (Å²) in [5, 5.41) is 5.16. The maximum atomic E-state index is 12.1. The van der Waals surface area contributed by atoms with Crippen LogP contribution in [0.25, 0.3) is 0 Å². The van der Waals surface area contributed by atoms with E-state index in [2.05, 4.69) is 10.6 Å². The van der Waals surface area contributed by atoms with Gasteiger partial charge < -0.3 is 20.3 Å². The number of hydrogen-bond donors (Lipinski definition) is 2. The summed E-state index contributed by atoms with van der Waals surface area (Å²) in [6, 6.07) is 23.9. The van der Waals surface area contributed by atoms with E-state index in [1.54, 1.807) is 36.4 Å². The van der Waals surface area contributed by atoms with Crippen molar-refractivity contribution in [2.45, 2.75) is 6.61 Å². The highest BCUT2D eigenvalue weighted by atomic mass is 16.5. The van der Waals surface area contributed by atoms with E-state index in [1.165, 1.54) is 0 Å². The largest absolute Gasteiger partial charge is 0.489 e. The zero-order chi connectivity index (χ0) is 20.6. The van der Waals surface area contributed by atoms with E-state index in [0.29, 0.717) is 23.7 Å². The number of hydrogen-bond acceptors (Lipinski definition) is 4. The standard InChI is InChI=1S/C23H23N3O3/c1-26(2)20-12-8-18(9-13-20)24-22(27)23(28)25-19-10-14-21(15-11-19)29-16-17-6-4-3-5-7-17/h3-15H,16H2,1-2H3,(H,24,27)(H,25,28). The van der Waals surface area contributed by atoms with Crippen molar-refractivity contribution in [2.24, 2.45) is 0 Å². The monoisotopic (exact) mass is 389 g/mol. The van der Waals surface area contributed by atoms with Gasteiger partial charge >= 0.3 is 11.8 Å². The quantitative estimate of drug-likeness (QED) is 0.627. The molecule has 0 aliphatic rings. The van der Waals surface area contributed by atoms with Crippen molar-refractivity contribution < 1.29 is 14.3 Å². The first-order chi connectivity index (χ1) is 14.0. The van der Waals surface area contributed by atoms with Crippen LogP contribution in [-0.4, -0.2) is 25.9 Å². The Bertz CT molecular complexity index is 953. The van der Waals surface area contributed by atoms with Crippen LogP contribution in [0.3, 0.4) is 0 Å². The van der Waals surface area contributed by atoms with Crippen molar-refractivity contribution >= 4 is 28.9 Å². The minimum absolute atomic E-state index is 0.460. The van der Waals surface area contributed by atoms with Crippen LogP contribution in [-0.2, 0) is 16.2 Å². The van der Waals surface area contributed by atoms with Crippen LogP contribution in [0.2, 0.25) is 0 Å². The van der Waals surface area contributed by atoms with Crippen LogP contribution in [0, 0.1) is 0 Å². The third kappa shape index (κ3) is 5.84. The lowest BCUT2D eigenvalue weighted by molar-refractivity contribution is -0.132. The molecule has 0 aromatic heterocycles. The Hall–Kier alpha value is -3.80. The molecule has 6 heteroatoms. The van der Waals surface area contributed by atoms with Gasteiger partial charge in [0.05, 0.1) is 0 Å². The average Bonchev–Trinajstić information content (AvgIpc) is 2.74. The molecule has 0 spiro atoms. The smallest absolute Gasteiger partial charge is 0.314 e. The first kappa shape index (κ1) is 19.9. The second kappa shape index (κ2) is 9.41. The number of rotatable bonds is 6. The molecule has 3 rings (SSSR count). The van der Waals surface area contributed by atoms with E-state index >= 15 is 0 Å². The van der Waals surface area contributed by atoms with E-state index in [-0.39, 0.29) is 0 Å². The molecule has 3 aromatic rings. The normalized spacial score (nSPS) is 10.1. The summed E-state index contributed by atoms with van der Waals surface area (Å²) in [6.07, 6.45) is 0. The molecule has 0 unspecified atom stereocenters. The van der Waals surface area contributed by atoms with Gasteiger partial charge in [-0.25, -0.2) is 0 Å². The van der Waals surface area contributed by atoms with Crippen molar-refractivity contribution in [1.82, 2.24) is 0 Å². The zero-order valence-electron chi connectivity index (χ0n) is 16.4. The Morgan fingerprint density at radius 1 is 0.759 bits per heavy atom. The topological polar surface area (TPSA) is 70.7 Å². The predicted molar refractivity (Wildman–Crippen MR) is 115 cm³/mol. The van der Waals surface area contributed by atoms with Crippen LogP contribution in [0.5, 0.6) is 5.75 Å². The molecule has 0 bridgehead atoms. The number of ether oxygens (including phenoxy) is 1. The van der Waals surface area contributed by atoms with E-state index in [4.69, 9.17) is 4.74 Å². The van der Waals surface area contributed by atoms with Gasteiger partial charge in [0.15, 0.2) is 0 Å². The molecular formula is C23H23N3O3. The maximum Gasteiger partial charge on any atom is 0.314 e. The summed E-state index contributed by atoms with van der Waals surface area (Å²) in [6.45, 7) is 0.460. The lowest BCUT2D eigenvalue weighted by atomic mass is 10.2. The second-order valence-electron chi connectivity index (χ2n) is 6.65. The van der Waals surface area contributed by atoms with Gasteiger partial charge in [0.25, 0.3) is 0 Å². The van der Waals surface area contributed by atoms with Crippen LogP contribution in [0.1, 0.15) is 5.56 Å². The molecule has 3 aromatic carbocycles. The van der Waals surface area contributed by atoms with Crippen molar-refractivity contribution in [2.75, 3.05) is 29.6 Å². The minimum atomic E-state index is -0.736. The Morgan fingerprint density at radius 3 is 1.79 bits per heavy atom. The highest BCUT2D eigenvalue weighted by Gasteiger charge is 2.14. The molecule has 0 fully saturated rings. The van der Waals surface area contributed by atoms with E-state index in [9.17, 15) is 9.59 Å². The molecule has 6 nitrogen and oxygen atoms in total. The number of carbonyl (C=O) groups is 2. The summed E-state index contributed by atoms with van der Waals surface area (Å²) >= 11 is 0. The first-order valence-corrected chi connectivity index (χ1v) is 9.18. The lowest BCUT2D eigenvalue weighted by Gasteiger charge is -2.13. The molecule has 0 heterocycles. The number of anilines is 3. The fraction of sp³-hybridized carbons (Fsp3) is 0.130. The number of nitrogens with zero attached hydrogens (tertiary/aromatic N) is 1. The Labute approximate surface area is 170 Å². The molecule has 0 saturated heterocycles. The molecule has 29 heavy (non-hydrogen) atoms. The third-order valence-electron chi connectivity index (χ3n) is 4.21. The van der Waals surface area contributed by atoms with Gasteiger partial charge in [0.2, 0.25) is 0 Å². The van der Waals surface area contributed by atoms with Crippen molar-refractivity contribution in [3.63, 3.8) is 0 Å². The first-order valence-electron chi connectivity index (χ1n) is 9.18. The molecule has 2 N–H and O–H groups in total. The summed E-state index contributed by atoms with van der Waals surface area (Å²) in [7, 11) is 3.86. The second-order valence-corrected chi connectivity index (χ2v) is 6.65. The fourth-order valence-electron chi connectivity index (χ4n) is 2.59. The minimum Gasteiger partial charge on any atom is -0.489 e. The summed E-state index contributed by atoms with van der Waals surface area (Å²) < 4.78 is 5.71. The molecule has 0 aliphatic carbocycles. The van der Waals surface area contributed by atoms with Gasteiger partial charge in [-0.05, 0) is 54.1 Å². The molecule has 2 amide bonds. The maximum absolute atomic E-state index is 12.1. The van der Waals surface area contributed by atoms with Crippen molar-refractivity contribution in [3.8, 4) is 5.75 Å². The van der Waals surface area contributed by atoms with Crippen LogP contribution >= 0.6 is 0 Å². The molecule has 0 saturated carbocycles. The van der Waals surface area contributed by atoms with E-state index in [0.717, 1.165) is 11.3 Å². The summed E-state index contributed by atoms with van der Waals surface area (Å²) in [5.74, 6) is -0.788. The van der Waals surface area contributed by atoms with Crippen molar-refractivity contribution in [1.29, 1.82) is 0 Å². The SMILES string of the molecule is CN(C)c1ccc(NC(=O)C(=O)Nc2ccc(OCc3ccccc3)cc2)cc1. The number of carbonyl (C=O) groups excluding carboxylic acids is 2. The van der Waals surface area contributed by atoms with Crippen LogP contribution in [0.15, 0.2) is 78.9 Å². The van der Waals surface area contributed by atoms with Gasteiger partial charge in [-0.2, -0.15) is 0 Å². The Balaban J connectivity index is 1.51. The lowest BCUT2D eigenvalue weighted by Crippen LogP contribution is -2.29. The van der Waals surface area contributed by atoms with E-state index < -0.39 is 11.8 Å². The van der Waals surface area contributed by atoms with E-state index in [1.807, 2.05) is 61.5 Å². The molecular weight excluding hydrogens is 366 g/mol. The summed E-state index contributed by atoms with van der Waals surface area (Å²) in [4.78, 5) is 26.2. The van der Waals surface area contributed by atoms with Crippen LogP contribution < -0.4 is 20.3 Å². The highest BCUT2D eigenvalue weighted by molar-refractivity contribution is 6.43. The molecule has 0 aliphatic heterocycles. The molecule has 0 atom stereocenters. The van der Waals surface area contributed by atoms with Gasteiger partial charge in [-0.15, -0.1) is 0 Å². The van der Waals surface area contributed by atoms with Gasteiger partial charge in [0, 0.05) is 31.2 Å². The zero-order valence-corrected chi connectivity index (χ0v) is 16.4. The molecule has 0 radical (unpaired) electrons. The Morgan fingerprint density at radius 2 is 1.28 bits per heavy atom. The van der Waals surface area contributed by atoms with Crippen LogP contribution in [0.4, 0.5) is 17.1 Å². The molecule has 148 valence electrons. The average molecular weight is 389 g/mol. The summed E-state index contributed by atoms with van der Waals surface area (Å²) in [5.41, 5.74) is 3.14. The van der Waals surface area contributed by atoms with Crippen molar-refractivity contribution in [3.05, 3.63) is 84.4 Å². The predicted octanol–water partition coefficient (Wildman–Crippen LogP) is 3.91. The number of amides is 2.